The van der Waals surface area contributed by atoms with Crippen molar-refractivity contribution in [3.8, 4) is 5.75 Å². The Labute approximate surface area is 111 Å². The van der Waals surface area contributed by atoms with Gasteiger partial charge in [0, 0.05) is 5.92 Å². The van der Waals surface area contributed by atoms with E-state index in [4.69, 9.17) is 4.74 Å². The van der Waals surface area contributed by atoms with Crippen LogP contribution in [-0.2, 0) is 5.41 Å². The van der Waals surface area contributed by atoms with Crippen LogP contribution in [0.2, 0.25) is 0 Å². The van der Waals surface area contributed by atoms with E-state index in [1.165, 1.54) is 5.56 Å². The van der Waals surface area contributed by atoms with Crippen molar-refractivity contribution in [2.24, 2.45) is 5.92 Å². The Bertz CT molecular complexity index is 337. The Morgan fingerprint density at radius 3 is 2.53 bits per heavy atom. The Balaban J connectivity index is 2.66. The van der Waals surface area contributed by atoms with Crippen molar-refractivity contribution >= 4 is 12.6 Å². The van der Waals surface area contributed by atoms with Gasteiger partial charge in [-0.05, 0) is 35.3 Å². The first kappa shape index (κ1) is 14.4. The van der Waals surface area contributed by atoms with Gasteiger partial charge in [-0.15, -0.1) is 0 Å². The zero-order valence-electron chi connectivity index (χ0n) is 11.4. The molecule has 0 N–H and O–H groups in total. The lowest BCUT2D eigenvalue weighted by Gasteiger charge is -2.20. The lowest BCUT2D eigenvalue weighted by molar-refractivity contribution is 0.259. The molecule has 0 saturated heterocycles. The molecule has 0 aliphatic carbocycles. The minimum absolute atomic E-state index is 0.174. The van der Waals surface area contributed by atoms with E-state index in [9.17, 15) is 0 Å². The molecule has 1 aromatic carbocycles. The predicted molar refractivity (Wildman–Crippen MR) is 78.3 cm³/mol. The van der Waals surface area contributed by atoms with Gasteiger partial charge in [0.25, 0.3) is 0 Å². The summed E-state index contributed by atoms with van der Waals surface area (Å²) in [5, 5.41) is 0. The molecule has 0 saturated carbocycles. The molecule has 1 unspecified atom stereocenters. The van der Waals surface area contributed by atoms with E-state index in [-0.39, 0.29) is 5.41 Å². The molecule has 0 amide bonds. The number of hydrogen-bond donors (Lipinski definition) is 1. The van der Waals surface area contributed by atoms with E-state index in [0.29, 0.717) is 5.92 Å². The van der Waals surface area contributed by atoms with Gasteiger partial charge in [-0.2, -0.15) is 12.6 Å². The minimum Gasteiger partial charge on any atom is -0.493 e. The van der Waals surface area contributed by atoms with E-state index < -0.39 is 0 Å². The van der Waals surface area contributed by atoms with Crippen molar-refractivity contribution in [3.63, 3.8) is 0 Å². The fraction of sp³-hybridized carbons (Fsp3) is 0.600. The van der Waals surface area contributed by atoms with Gasteiger partial charge in [-0.3, -0.25) is 0 Å². The molecule has 0 aliphatic rings. The summed E-state index contributed by atoms with van der Waals surface area (Å²) in [6, 6.07) is 8.39. The van der Waals surface area contributed by atoms with Gasteiger partial charge in [0.05, 0.1) is 6.61 Å². The summed E-state index contributed by atoms with van der Waals surface area (Å²) in [6.07, 6.45) is 1.11. The molecule has 17 heavy (non-hydrogen) atoms. The van der Waals surface area contributed by atoms with Crippen LogP contribution < -0.4 is 4.74 Å². The Morgan fingerprint density at radius 2 is 2.00 bits per heavy atom. The van der Waals surface area contributed by atoms with Gasteiger partial charge in [-0.25, -0.2) is 0 Å². The van der Waals surface area contributed by atoms with E-state index in [1.54, 1.807) is 0 Å². The molecule has 1 atom stereocenters. The molecule has 0 aliphatic heterocycles. The molecule has 2 heteroatoms. The zero-order chi connectivity index (χ0) is 12.9. The molecule has 1 rings (SSSR count). The van der Waals surface area contributed by atoms with Crippen molar-refractivity contribution in [1.29, 1.82) is 0 Å². The van der Waals surface area contributed by atoms with Crippen LogP contribution >= 0.6 is 12.6 Å². The van der Waals surface area contributed by atoms with Gasteiger partial charge in [0.15, 0.2) is 0 Å². The summed E-state index contributed by atoms with van der Waals surface area (Å²) < 4.78 is 5.84. The normalized spacial score (nSPS) is 13.5. The lowest BCUT2D eigenvalue weighted by atomic mass is 9.87. The summed E-state index contributed by atoms with van der Waals surface area (Å²) in [4.78, 5) is 0. The topological polar surface area (TPSA) is 9.23 Å². The average molecular weight is 252 g/mol. The van der Waals surface area contributed by atoms with Crippen LogP contribution in [0.4, 0.5) is 0 Å². The third kappa shape index (κ3) is 4.63. The van der Waals surface area contributed by atoms with Crippen molar-refractivity contribution in [2.75, 3.05) is 12.4 Å². The Morgan fingerprint density at radius 1 is 1.29 bits per heavy atom. The lowest BCUT2D eigenvalue weighted by Crippen LogP contribution is -2.14. The SMILES string of the molecule is CCC(CS)COc1cccc(C(C)(C)C)c1. The Hall–Kier alpha value is -0.630. The maximum atomic E-state index is 5.84. The molecule has 0 radical (unpaired) electrons. The highest BCUT2D eigenvalue weighted by molar-refractivity contribution is 7.80. The van der Waals surface area contributed by atoms with Crippen LogP contribution in [0.3, 0.4) is 0 Å². The van der Waals surface area contributed by atoms with Crippen LogP contribution in [0.1, 0.15) is 39.7 Å². The summed E-state index contributed by atoms with van der Waals surface area (Å²) in [5.74, 6) is 2.39. The standard InChI is InChI=1S/C15H24OS/c1-5-12(11-17)10-16-14-8-6-7-13(9-14)15(2,3)4/h6-9,12,17H,5,10-11H2,1-4H3. The van der Waals surface area contributed by atoms with Crippen LogP contribution in [0.5, 0.6) is 5.75 Å². The smallest absolute Gasteiger partial charge is 0.119 e. The molecular formula is C15H24OS. The third-order valence-corrected chi connectivity index (χ3v) is 3.54. The molecule has 0 spiro atoms. The highest BCUT2D eigenvalue weighted by Gasteiger charge is 2.14. The molecule has 0 fully saturated rings. The van der Waals surface area contributed by atoms with Gasteiger partial charge >= 0.3 is 0 Å². The Kier molecular flexibility index (Phi) is 5.38. The molecular weight excluding hydrogens is 228 g/mol. The predicted octanol–water partition coefficient (Wildman–Crippen LogP) is 4.32. The fourth-order valence-electron chi connectivity index (χ4n) is 1.57. The molecule has 0 heterocycles. The zero-order valence-corrected chi connectivity index (χ0v) is 12.3. The first-order valence-electron chi connectivity index (χ1n) is 6.31. The van der Waals surface area contributed by atoms with Crippen molar-refractivity contribution in [3.05, 3.63) is 29.8 Å². The van der Waals surface area contributed by atoms with Gasteiger partial charge in [0.2, 0.25) is 0 Å². The van der Waals surface area contributed by atoms with Crippen LogP contribution in [0.15, 0.2) is 24.3 Å². The maximum absolute atomic E-state index is 5.84. The number of benzene rings is 1. The molecule has 1 nitrogen and oxygen atoms in total. The number of thiol groups is 1. The quantitative estimate of drug-likeness (QED) is 0.768. The van der Waals surface area contributed by atoms with Gasteiger partial charge in [0.1, 0.15) is 5.75 Å². The average Bonchev–Trinajstić information content (AvgIpc) is 2.30. The van der Waals surface area contributed by atoms with Crippen molar-refractivity contribution in [1.82, 2.24) is 0 Å². The highest BCUT2D eigenvalue weighted by atomic mass is 32.1. The summed E-state index contributed by atoms with van der Waals surface area (Å²) in [7, 11) is 0. The third-order valence-electron chi connectivity index (χ3n) is 3.02. The summed E-state index contributed by atoms with van der Waals surface area (Å²) >= 11 is 4.33. The number of rotatable bonds is 5. The van der Waals surface area contributed by atoms with Crippen molar-refractivity contribution in [2.45, 2.75) is 39.5 Å². The van der Waals surface area contributed by atoms with E-state index in [2.05, 4.69) is 58.5 Å². The molecule has 0 aromatic heterocycles. The number of ether oxygens (including phenoxy) is 1. The van der Waals surface area contributed by atoms with Crippen LogP contribution in [-0.4, -0.2) is 12.4 Å². The van der Waals surface area contributed by atoms with Crippen molar-refractivity contribution < 1.29 is 4.74 Å². The van der Waals surface area contributed by atoms with E-state index >= 15 is 0 Å². The summed E-state index contributed by atoms with van der Waals surface area (Å²) in [6.45, 7) is 9.58. The fourth-order valence-corrected chi connectivity index (χ4v) is 1.93. The molecule has 1 aromatic rings. The highest BCUT2D eigenvalue weighted by Crippen LogP contribution is 2.25. The first-order valence-corrected chi connectivity index (χ1v) is 6.94. The first-order chi connectivity index (χ1) is 7.97. The molecule has 96 valence electrons. The minimum atomic E-state index is 0.174. The second-order valence-corrected chi connectivity index (χ2v) is 5.91. The second-order valence-electron chi connectivity index (χ2n) is 5.55. The van der Waals surface area contributed by atoms with E-state index in [0.717, 1.165) is 24.5 Å². The second kappa shape index (κ2) is 6.34. The van der Waals surface area contributed by atoms with Crippen LogP contribution in [0, 0.1) is 5.92 Å². The monoisotopic (exact) mass is 252 g/mol. The number of hydrogen-bond acceptors (Lipinski definition) is 2. The van der Waals surface area contributed by atoms with Gasteiger partial charge < -0.3 is 4.74 Å². The largest absolute Gasteiger partial charge is 0.493 e. The summed E-state index contributed by atoms with van der Waals surface area (Å²) in [5.41, 5.74) is 1.49. The molecule has 0 bridgehead atoms. The van der Waals surface area contributed by atoms with Crippen LogP contribution in [0.25, 0.3) is 0 Å². The van der Waals surface area contributed by atoms with E-state index in [1.807, 2.05) is 6.07 Å². The maximum Gasteiger partial charge on any atom is 0.119 e. The van der Waals surface area contributed by atoms with Gasteiger partial charge in [-0.1, -0.05) is 39.8 Å².